The summed E-state index contributed by atoms with van der Waals surface area (Å²) in [6, 6.07) is 16.3. The van der Waals surface area contributed by atoms with E-state index in [-0.39, 0.29) is 0 Å². The maximum Gasteiger partial charge on any atom is 0.0709 e. The molecule has 0 aliphatic carbocycles. The van der Waals surface area contributed by atoms with Crippen molar-refractivity contribution in [3.05, 3.63) is 85.1 Å². The smallest absolute Gasteiger partial charge is 0.0709 e. The first-order valence-corrected chi connectivity index (χ1v) is 6.33. The molecule has 0 aliphatic rings. The summed E-state index contributed by atoms with van der Waals surface area (Å²) in [6.45, 7) is 5.75. The van der Waals surface area contributed by atoms with Gasteiger partial charge in [-0.3, -0.25) is 0 Å². The first-order valence-electron chi connectivity index (χ1n) is 6.33. The number of aromatic nitrogens is 1. The van der Waals surface area contributed by atoms with Crippen LogP contribution in [0.3, 0.4) is 0 Å². The molecule has 2 aromatic rings. The molecular formula is C18H17N. The van der Waals surface area contributed by atoms with Gasteiger partial charge in [0.15, 0.2) is 0 Å². The average Bonchev–Trinajstić information content (AvgIpc) is 2.48. The fraction of sp³-hybridized carbons (Fsp3) is 0.0556. The van der Waals surface area contributed by atoms with Crippen molar-refractivity contribution in [2.45, 2.75) is 6.92 Å². The SMILES string of the molecule is C=C/C=C(\C=C/C)c1cccc(-c2ccccc2)n1. The maximum atomic E-state index is 4.71. The third-order valence-corrected chi connectivity index (χ3v) is 2.76. The molecule has 0 atom stereocenters. The van der Waals surface area contributed by atoms with E-state index in [4.69, 9.17) is 4.98 Å². The number of hydrogen-bond donors (Lipinski definition) is 0. The van der Waals surface area contributed by atoms with Crippen molar-refractivity contribution in [3.63, 3.8) is 0 Å². The van der Waals surface area contributed by atoms with Crippen LogP contribution in [0.1, 0.15) is 12.6 Å². The summed E-state index contributed by atoms with van der Waals surface area (Å²) in [5.41, 5.74) is 4.13. The first kappa shape index (κ1) is 13.0. The predicted molar refractivity (Wildman–Crippen MR) is 82.7 cm³/mol. The first-order chi connectivity index (χ1) is 9.35. The van der Waals surface area contributed by atoms with Gasteiger partial charge in [-0.1, -0.05) is 67.3 Å². The highest BCUT2D eigenvalue weighted by atomic mass is 14.7. The van der Waals surface area contributed by atoms with Crippen molar-refractivity contribution in [1.29, 1.82) is 0 Å². The van der Waals surface area contributed by atoms with Crippen LogP contribution in [0, 0.1) is 0 Å². The van der Waals surface area contributed by atoms with Crippen molar-refractivity contribution in [2.24, 2.45) is 0 Å². The minimum atomic E-state index is 0.958. The molecule has 0 spiro atoms. The van der Waals surface area contributed by atoms with E-state index in [0.717, 1.165) is 22.5 Å². The summed E-state index contributed by atoms with van der Waals surface area (Å²) < 4.78 is 0. The van der Waals surface area contributed by atoms with Crippen LogP contribution in [0.5, 0.6) is 0 Å². The van der Waals surface area contributed by atoms with Crippen molar-refractivity contribution in [2.75, 3.05) is 0 Å². The summed E-state index contributed by atoms with van der Waals surface area (Å²) in [5, 5.41) is 0. The third-order valence-electron chi connectivity index (χ3n) is 2.76. The lowest BCUT2D eigenvalue weighted by molar-refractivity contribution is 1.28. The zero-order valence-corrected chi connectivity index (χ0v) is 11.1. The van der Waals surface area contributed by atoms with Gasteiger partial charge in [0, 0.05) is 5.56 Å². The largest absolute Gasteiger partial charge is 0.248 e. The Kier molecular flexibility index (Phi) is 4.46. The van der Waals surface area contributed by atoms with Crippen LogP contribution in [-0.2, 0) is 0 Å². The van der Waals surface area contributed by atoms with Crippen molar-refractivity contribution in [1.82, 2.24) is 4.98 Å². The lowest BCUT2D eigenvalue weighted by Gasteiger charge is -2.05. The topological polar surface area (TPSA) is 12.9 Å². The van der Waals surface area contributed by atoms with Gasteiger partial charge in [0.05, 0.1) is 11.4 Å². The molecule has 1 nitrogen and oxygen atoms in total. The van der Waals surface area contributed by atoms with E-state index in [1.165, 1.54) is 0 Å². The van der Waals surface area contributed by atoms with Crippen LogP contribution < -0.4 is 0 Å². The number of hydrogen-bond acceptors (Lipinski definition) is 1. The fourth-order valence-corrected chi connectivity index (χ4v) is 1.90. The Bertz CT molecular complexity index is 607. The molecule has 0 amide bonds. The molecule has 0 saturated heterocycles. The van der Waals surface area contributed by atoms with Gasteiger partial charge < -0.3 is 0 Å². The Labute approximate surface area is 114 Å². The molecule has 0 radical (unpaired) electrons. The number of rotatable bonds is 4. The predicted octanol–water partition coefficient (Wildman–Crippen LogP) is 4.89. The van der Waals surface area contributed by atoms with E-state index in [9.17, 15) is 0 Å². The van der Waals surface area contributed by atoms with E-state index in [1.807, 2.05) is 61.5 Å². The van der Waals surface area contributed by atoms with Crippen LogP contribution >= 0.6 is 0 Å². The molecule has 1 heterocycles. The molecule has 94 valence electrons. The normalized spacial score (nSPS) is 11.7. The molecule has 0 unspecified atom stereocenters. The molecule has 0 bridgehead atoms. The average molecular weight is 247 g/mol. The number of nitrogens with zero attached hydrogens (tertiary/aromatic N) is 1. The van der Waals surface area contributed by atoms with E-state index >= 15 is 0 Å². The molecular weight excluding hydrogens is 230 g/mol. The number of allylic oxidation sites excluding steroid dienone is 5. The van der Waals surface area contributed by atoms with Gasteiger partial charge in [-0.15, -0.1) is 0 Å². The summed E-state index contributed by atoms with van der Waals surface area (Å²) >= 11 is 0. The standard InChI is InChI=1S/C18H17N/c1-3-9-15(10-4-2)17-13-8-14-18(19-17)16-11-6-5-7-12-16/h3-14H,1H2,2H3/b10-4-,15-9+. The Morgan fingerprint density at radius 2 is 1.84 bits per heavy atom. The monoisotopic (exact) mass is 247 g/mol. The van der Waals surface area contributed by atoms with Gasteiger partial charge in [-0.05, 0) is 24.6 Å². The second kappa shape index (κ2) is 6.50. The van der Waals surface area contributed by atoms with Crippen LogP contribution in [-0.4, -0.2) is 4.98 Å². The molecule has 1 aromatic carbocycles. The quantitative estimate of drug-likeness (QED) is 0.701. The summed E-state index contributed by atoms with van der Waals surface area (Å²) in [4.78, 5) is 4.71. The summed E-state index contributed by atoms with van der Waals surface area (Å²) in [7, 11) is 0. The van der Waals surface area contributed by atoms with Gasteiger partial charge in [0.1, 0.15) is 0 Å². The summed E-state index contributed by atoms with van der Waals surface area (Å²) in [6.07, 6.45) is 7.80. The Morgan fingerprint density at radius 3 is 2.53 bits per heavy atom. The minimum Gasteiger partial charge on any atom is -0.248 e. The Morgan fingerprint density at radius 1 is 1.05 bits per heavy atom. The van der Waals surface area contributed by atoms with Gasteiger partial charge >= 0.3 is 0 Å². The molecule has 2 rings (SSSR count). The molecule has 0 aliphatic heterocycles. The Balaban J connectivity index is 2.44. The van der Waals surface area contributed by atoms with Crippen LogP contribution in [0.2, 0.25) is 0 Å². The van der Waals surface area contributed by atoms with Gasteiger partial charge in [0.2, 0.25) is 0 Å². The lowest BCUT2D eigenvalue weighted by Crippen LogP contribution is -1.90. The zero-order chi connectivity index (χ0) is 13.5. The van der Waals surface area contributed by atoms with Crippen LogP contribution in [0.25, 0.3) is 16.8 Å². The zero-order valence-electron chi connectivity index (χ0n) is 11.1. The second-order valence-corrected chi connectivity index (χ2v) is 4.13. The highest BCUT2D eigenvalue weighted by molar-refractivity contribution is 5.74. The highest BCUT2D eigenvalue weighted by Crippen LogP contribution is 2.20. The van der Waals surface area contributed by atoms with Gasteiger partial charge in [-0.25, -0.2) is 4.98 Å². The van der Waals surface area contributed by atoms with Crippen molar-refractivity contribution in [3.8, 4) is 11.3 Å². The molecule has 1 heteroatoms. The third kappa shape index (κ3) is 3.29. The number of pyridine rings is 1. The van der Waals surface area contributed by atoms with Crippen molar-refractivity contribution >= 4 is 5.57 Å². The van der Waals surface area contributed by atoms with E-state index < -0.39 is 0 Å². The van der Waals surface area contributed by atoms with E-state index in [0.29, 0.717) is 0 Å². The van der Waals surface area contributed by atoms with Gasteiger partial charge in [-0.2, -0.15) is 0 Å². The second-order valence-electron chi connectivity index (χ2n) is 4.13. The van der Waals surface area contributed by atoms with Crippen molar-refractivity contribution < 1.29 is 0 Å². The molecule has 19 heavy (non-hydrogen) atoms. The number of benzene rings is 1. The lowest BCUT2D eigenvalue weighted by atomic mass is 10.1. The Hall–Kier alpha value is -2.41. The van der Waals surface area contributed by atoms with Crippen LogP contribution in [0.4, 0.5) is 0 Å². The van der Waals surface area contributed by atoms with E-state index in [2.05, 4.69) is 18.7 Å². The molecule has 0 fully saturated rings. The molecule has 1 aromatic heterocycles. The minimum absolute atomic E-state index is 0.958. The van der Waals surface area contributed by atoms with E-state index in [1.54, 1.807) is 6.08 Å². The van der Waals surface area contributed by atoms with Gasteiger partial charge in [0.25, 0.3) is 0 Å². The molecule has 0 N–H and O–H groups in total. The van der Waals surface area contributed by atoms with Crippen LogP contribution in [0.15, 0.2) is 79.4 Å². The fourth-order valence-electron chi connectivity index (χ4n) is 1.90. The molecule has 0 saturated carbocycles. The maximum absolute atomic E-state index is 4.71. The highest BCUT2D eigenvalue weighted by Gasteiger charge is 2.02. The summed E-state index contributed by atoms with van der Waals surface area (Å²) in [5.74, 6) is 0.